The first kappa shape index (κ1) is 20.6. The monoisotopic (exact) mass is 410 g/mol. The van der Waals surface area contributed by atoms with Gasteiger partial charge in [0.1, 0.15) is 5.75 Å². The fourth-order valence-electron chi connectivity index (χ4n) is 4.21. The Balaban J connectivity index is 1.50. The van der Waals surface area contributed by atoms with E-state index in [1.54, 1.807) is 17.9 Å². The molecule has 0 N–H and O–H groups in total. The highest BCUT2D eigenvalue weighted by Gasteiger charge is 2.28. The SMILES string of the molecule is COCCn1c(=O)n([C@@H]2CCN(Cc3ccc(OC(C)C)cc3)C2)c2ncccc21. The van der Waals surface area contributed by atoms with Crippen molar-refractivity contribution in [2.45, 2.75) is 45.5 Å². The van der Waals surface area contributed by atoms with Crippen molar-refractivity contribution in [3.63, 3.8) is 0 Å². The minimum Gasteiger partial charge on any atom is -0.491 e. The van der Waals surface area contributed by atoms with Gasteiger partial charge in [0.15, 0.2) is 5.65 Å². The second-order valence-electron chi connectivity index (χ2n) is 8.13. The third-order valence-electron chi connectivity index (χ3n) is 5.56. The molecule has 0 unspecified atom stereocenters. The van der Waals surface area contributed by atoms with Gasteiger partial charge in [-0.2, -0.15) is 0 Å². The molecule has 0 aliphatic carbocycles. The van der Waals surface area contributed by atoms with Crippen LogP contribution in [0.5, 0.6) is 5.75 Å². The highest BCUT2D eigenvalue weighted by Crippen LogP contribution is 2.26. The molecule has 30 heavy (non-hydrogen) atoms. The van der Waals surface area contributed by atoms with E-state index >= 15 is 0 Å². The van der Waals surface area contributed by atoms with E-state index in [0.717, 1.165) is 43.0 Å². The van der Waals surface area contributed by atoms with Gasteiger partial charge in [-0.15, -0.1) is 0 Å². The van der Waals surface area contributed by atoms with Crippen LogP contribution in [0, 0.1) is 0 Å². The van der Waals surface area contributed by atoms with Crippen LogP contribution in [0.4, 0.5) is 0 Å². The molecule has 1 aliphatic heterocycles. The Morgan fingerprint density at radius 3 is 2.73 bits per heavy atom. The first-order chi connectivity index (χ1) is 14.6. The van der Waals surface area contributed by atoms with E-state index in [4.69, 9.17) is 9.47 Å². The Morgan fingerprint density at radius 2 is 2.00 bits per heavy atom. The van der Waals surface area contributed by atoms with Crippen molar-refractivity contribution in [2.75, 3.05) is 26.8 Å². The summed E-state index contributed by atoms with van der Waals surface area (Å²) in [6, 6.07) is 12.3. The van der Waals surface area contributed by atoms with E-state index in [0.29, 0.717) is 13.2 Å². The molecular formula is C23H30N4O3. The molecule has 3 aromatic rings. The van der Waals surface area contributed by atoms with Gasteiger partial charge in [0, 0.05) is 32.9 Å². The van der Waals surface area contributed by atoms with Crippen LogP contribution in [0.15, 0.2) is 47.4 Å². The molecule has 0 saturated carbocycles. The average molecular weight is 411 g/mol. The van der Waals surface area contributed by atoms with Gasteiger partial charge in [-0.25, -0.2) is 9.78 Å². The molecule has 1 saturated heterocycles. The third-order valence-corrected chi connectivity index (χ3v) is 5.56. The van der Waals surface area contributed by atoms with Crippen molar-refractivity contribution in [3.05, 3.63) is 58.6 Å². The Bertz CT molecular complexity index is 1040. The van der Waals surface area contributed by atoms with Crippen LogP contribution in [0.2, 0.25) is 0 Å². The second kappa shape index (κ2) is 9.02. The summed E-state index contributed by atoms with van der Waals surface area (Å²) >= 11 is 0. The van der Waals surface area contributed by atoms with Crippen LogP contribution in [0.3, 0.4) is 0 Å². The largest absolute Gasteiger partial charge is 0.491 e. The van der Waals surface area contributed by atoms with E-state index in [9.17, 15) is 4.79 Å². The summed E-state index contributed by atoms with van der Waals surface area (Å²) in [6.07, 6.45) is 2.87. The number of hydrogen-bond donors (Lipinski definition) is 0. The number of hydrogen-bond acceptors (Lipinski definition) is 5. The van der Waals surface area contributed by atoms with Gasteiger partial charge >= 0.3 is 5.69 Å². The molecule has 0 amide bonds. The normalized spacial score (nSPS) is 17.3. The van der Waals surface area contributed by atoms with Gasteiger partial charge in [-0.1, -0.05) is 12.1 Å². The zero-order chi connectivity index (χ0) is 21.1. The lowest BCUT2D eigenvalue weighted by molar-refractivity contribution is 0.187. The highest BCUT2D eigenvalue weighted by atomic mass is 16.5. The predicted molar refractivity (Wildman–Crippen MR) is 117 cm³/mol. The van der Waals surface area contributed by atoms with Crippen LogP contribution >= 0.6 is 0 Å². The quantitative estimate of drug-likeness (QED) is 0.571. The fourth-order valence-corrected chi connectivity index (χ4v) is 4.21. The summed E-state index contributed by atoms with van der Waals surface area (Å²) < 4.78 is 14.6. The Labute approximate surface area is 176 Å². The van der Waals surface area contributed by atoms with Crippen molar-refractivity contribution in [1.82, 2.24) is 19.0 Å². The standard InChI is InChI=1S/C23H30N4O3/c1-17(2)30-20-8-6-18(7-9-20)15-25-12-10-19(16-25)27-22-21(5-4-11-24-22)26(23(27)28)13-14-29-3/h4-9,11,17,19H,10,12-16H2,1-3H3/t19-/m1/s1. The number of pyridine rings is 1. The number of rotatable bonds is 8. The molecule has 160 valence electrons. The average Bonchev–Trinajstić information content (AvgIpc) is 3.29. The van der Waals surface area contributed by atoms with Crippen LogP contribution in [-0.2, 0) is 17.8 Å². The van der Waals surface area contributed by atoms with Crippen LogP contribution < -0.4 is 10.4 Å². The minimum atomic E-state index is 0.00258. The molecule has 1 atom stereocenters. The lowest BCUT2D eigenvalue weighted by Crippen LogP contribution is -2.30. The summed E-state index contributed by atoms with van der Waals surface area (Å²) in [6.45, 7) is 7.75. The van der Waals surface area contributed by atoms with E-state index < -0.39 is 0 Å². The number of benzene rings is 1. The van der Waals surface area contributed by atoms with Crippen molar-refractivity contribution >= 4 is 11.2 Å². The zero-order valence-corrected chi connectivity index (χ0v) is 18.0. The second-order valence-corrected chi connectivity index (χ2v) is 8.13. The topological polar surface area (TPSA) is 61.5 Å². The van der Waals surface area contributed by atoms with Crippen molar-refractivity contribution in [3.8, 4) is 5.75 Å². The molecule has 3 heterocycles. The number of ether oxygens (including phenoxy) is 2. The van der Waals surface area contributed by atoms with E-state index in [1.807, 2.05) is 42.7 Å². The lowest BCUT2D eigenvalue weighted by atomic mass is 10.2. The maximum Gasteiger partial charge on any atom is 0.330 e. The molecular weight excluding hydrogens is 380 g/mol. The molecule has 1 fully saturated rings. The summed E-state index contributed by atoms with van der Waals surface area (Å²) in [5, 5.41) is 0. The lowest BCUT2D eigenvalue weighted by Gasteiger charge is -2.17. The fraction of sp³-hybridized carbons (Fsp3) is 0.478. The minimum absolute atomic E-state index is 0.00258. The number of fused-ring (bicyclic) bond motifs is 1. The molecule has 4 rings (SSSR count). The number of likely N-dealkylation sites (tertiary alicyclic amines) is 1. The van der Waals surface area contributed by atoms with Crippen molar-refractivity contribution in [1.29, 1.82) is 0 Å². The summed E-state index contributed by atoms with van der Waals surface area (Å²) in [5.74, 6) is 0.898. The molecule has 0 radical (unpaired) electrons. The summed E-state index contributed by atoms with van der Waals surface area (Å²) in [7, 11) is 1.65. The van der Waals surface area contributed by atoms with E-state index in [1.165, 1.54) is 5.56 Å². The van der Waals surface area contributed by atoms with Gasteiger partial charge in [-0.3, -0.25) is 14.0 Å². The highest BCUT2D eigenvalue weighted by molar-refractivity contribution is 5.71. The first-order valence-corrected chi connectivity index (χ1v) is 10.6. The summed E-state index contributed by atoms with van der Waals surface area (Å²) in [4.78, 5) is 20.1. The van der Waals surface area contributed by atoms with Crippen LogP contribution in [-0.4, -0.2) is 51.9 Å². The van der Waals surface area contributed by atoms with E-state index in [-0.39, 0.29) is 17.8 Å². The third kappa shape index (κ3) is 4.27. The molecule has 1 aliphatic rings. The summed E-state index contributed by atoms with van der Waals surface area (Å²) in [5.41, 5.74) is 2.89. The Hall–Kier alpha value is -2.64. The first-order valence-electron chi connectivity index (χ1n) is 10.6. The maximum absolute atomic E-state index is 13.2. The molecule has 0 spiro atoms. The maximum atomic E-state index is 13.2. The van der Waals surface area contributed by atoms with Gasteiger partial charge in [0.25, 0.3) is 0 Å². The van der Waals surface area contributed by atoms with Gasteiger partial charge in [-0.05, 0) is 50.1 Å². The van der Waals surface area contributed by atoms with Gasteiger partial charge < -0.3 is 9.47 Å². The molecule has 7 nitrogen and oxygen atoms in total. The Kier molecular flexibility index (Phi) is 6.20. The number of imidazole rings is 1. The molecule has 2 aromatic heterocycles. The van der Waals surface area contributed by atoms with E-state index in [2.05, 4.69) is 22.0 Å². The number of nitrogens with zero attached hydrogens (tertiary/aromatic N) is 4. The molecule has 1 aromatic carbocycles. The smallest absolute Gasteiger partial charge is 0.330 e. The predicted octanol–water partition coefficient (Wildman–Crippen LogP) is 3.08. The Morgan fingerprint density at radius 1 is 1.20 bits per heavy atom. The van der Waals surface area contributed by atoms with Gasteiger partial charge in [0.05, 0.1) is 30.8 Å². The molecule has 0 bridgehead atoms. The number of aromatic nitrogens is 3. The molecule has 7 heteroatoms. The van der Waals surface area contributed by atoms with Crippen molar-refractivity contribution < 1.29 is 9.47 Å². The number of methoxy groups -OCH3 is 1. The van der Waals surface area contributed by atoms with Crippen molar-refractivity contribution in [2.24, 2.45) is 0 Å². The van der Waals surface area contributed by atoms with Gasteiger partial charge in [0.2, 0.25) is 0 Å². The van der Waals surface area contributed by atoms with Crippen LogP contribution in [0.1, 0.15) is 31.9 Å². The van der Waals surface area contributed by atoms with Crippen LogP contribution in [0.25, 0.3) is 11.2 Å². The zero-order valence-electron chi connectivity index (χ0n) is 18.0.